The highest BCUT2D eigenvalue weighted by atomic mass is 35.5. The van der Waals surface area contributed by atoms with Gasteiger partial charge in [0.2, 0.25) is 0 Å². The summed E-state index contributed by atoms with van der Waals surface area (Å²) in [5, 5.41) is 8.16. The largest absolute Gasteiger partial charge is 0.462 e. The average Bonchev–Trinajstić information content (AvgIpc) is 3.12. The lowest BCUT2D eigenvalue weighted by Gasteiger charge is -2.22. The first-order valence-electron chi connectivity index (χ1n) is 9.92. The van der Waals surface area contributed by atoms with Gasteiger partial charge in [-0.3, -0.25) is 0 Å². The maximum atomic E-state index is 12.2. The zero-order valence-electron chi connectivity index (χ0n) is 16.3. The molecule has 3 heterocycles. The van der Waals surface area contributed by atoms with Crippen LogP contribution in [0.5, 0.6) is 0 Å². The van der Waals surface area contributed by atoms with Crippen LogP contribution in [0.2, 0.25) is 0 Å². The zero-order valence-corrected chi connectivity index (χ0v) is 17.1. The van der Waals surface area contributed by atoms with Gasteiger partial charge in [0, 0.05) is 29.4 Å². The van der Waals surface area contributed by atoms with E-state index in [1.54, 1.807) is 0 Å². The molecule has 1 fully saturated rings. The molecule has 1 aromatic carbocycles. The molecule has 2 aromatic heterocycles. The van der Waals surface area contributed by atoms with E-state index >= 15 is 0 Å². The summed E-state index contributed by atoms with van der Waals surface area (Å²) in [4.78, 5) is 12.2. The zero-order chi connectivity index (χ0) is 19.2. The van der Waals surface area contributed by atoms with Gasteiger partial charge in [0.15, 0.2) is 0 Å². The topological polar surface area (TPSA) is 55.6 Å². The van der Waals surface area contributed by atoms with Crippen LogP contribution >= 0.6 is 12.4 Å². The molecule has 3 aromatic rings. The van der Waals surface area contributed by atoms with Crippen molar-refractivity contribution in [3.05, 3.63) is 66.4 Å². The maximum Gasteiger partial charge on any atom is 0.330 e. The lowest BCUT2D eigenvalue weighted by molar-refractivity contribution is -0.137. The van der Waals surface area contributed by atoms with E-state index in [1.165, 1.54) is 18.9 Å². The van der Waals surface area contributed by atoms with Crippen molar-refractivity contribution in [2.75, 3.05) is 13.2 Å². The van der Waals surface area contributed by atoms with E-state index in [0.717, 1.165) is 41.7 Å². The number of piperidine rings is 1. The van der Waals surface area contributed by atoms with Crippen LogP contribution in [0, 0.1) is 0 Å². The number of nitrogens with one attached hydrogen (secondary N) is 1. The predicted molar refractivity (Wildman–Crippen MR) is 118 cm³/mol. The molecular formula is C23H26ClN3O2. The second-order valence-electron chi connectivity index (χ2n) is 7.10. The Kier molecular flexibility index (Phi) is 7.44. The summed E-state index contributed by atoms with van der Waals surface area (Å²) < 4.78 is 7.24. The molecule has 152 valence electrons. The van der Waals surface area contributed by atoms with Crippen LogP contribution in [0.25, 0.3) is 22.9 Å². The number of aromatic nitrogens is 2. The van der Waals surface area contributed by atoms with Gasteiger partial charge >= 0.3 is 5.97 Å². The van der Waals surface area contributed by atoms with Crippen LogP contribution in [0.4, 0.5) is 0 Å². The Morgan fingerprint density at radius 2 is 2.00 bits per heavy atom. The highest BCUT2D eigenvalue weighted by molar-refractivity contribution is 5.92. The lowest BCUT2D eigenvalue weighted by atomic mass is 10.0. The maximum absolute atomic E-state index is 12.2. The summed E-state index contributed by atoms with van der Waals surface area (Å²) in [7, 11) is 0. The molecule has 1 N–H and O–H groups in total. The molecule has 0 spiro atoms. The van der Waals surface area contributed by atoms with Gasteiger partial charge in [-0.05, 0) is 44.0 Å². The number of hydrogen-bond acceptors (Lipinski definition) is 4. The summed E-state index contributed by atoms with van der Waals surface area (Å²) in [6, 6.07) is 16.4. The van der Waals surface area contributed by atoms with Crippen molar-refractivity contribution in [3.63, 3.8) is 0 Å². The molecule has 0 saturated carbocycles. The average molecular weight is 412 g/mol. The van der Waals surface area contributed by atoms with E-state index in [4.69, 9.17) is 4.74 Å². The van der Waals surface area contributed by atoms with Gasteiger partial charge in [-0.25, -0.2) is 9.31 Å². The Morgan fingerprint density at radius 3 is 2.79 bits per heavy atom. The molecule has 1 aliphatic heterocycles. The van der Waals surface area contributed by atoms with Crippen molar-refractivity contribution in [3.8, 4) is 11.3 Å². The first-order valence-corrected chi connectivity index (χ1v) is 9.92. The van der Waals surface area contributed by atoms with Crippen molar-refractivity contribution in [1.29, 1.82) is 0 Å². The number of fused-ring (bicyclic) bond motifs is 1. The fourth-order valence-corrected chi connectivity index (χ4v) is 3.66. The van der Waals surface area contributed by atoms with Crippen LogP contribution in [0.15, 0.2) is 60.8 Å². The van der Waals surface area contributed by atoms with Gasteiger partial charge < -0.3 is 10.1 Å². The van der Waals surface area contributed by atoms with Crippen LogP contribution in [0.3, 0.4) is 0 Å². The molecule has 0 aliphatic carbocycles. The van der Waals surface area contributed by atoms with Crippen molar-refractivity contribution in [2.45, 2.75) is 31.7 Å². The molecule has 29 heavy (non-hydrogen) atoms. The van der Waals surface area contributed by atoms with Crippen molar-refractivity contribution in [1.82, 2.24) is 14.9 Å². The highest BCUT2D eigenvalue weighted by Crippen LogP contribution is 2.27. The Morgan fingerprint density at radius 1 is 1.17 bits per heavy atom. The number of ether oxygens (including phenoxy) is 1. The van der Waals surface area contributed by atoms with E-state index in [2.05, 4.69) is 10.4 Å². The van der Waals surface area contributed by atoms with Crippen molar-refractivity contribution < 1.29 is 9.53 Å². The SMILES string of the molecule is Cl.O=C(C=Cc1c(-c2ccccc2)nn2ccccc12)OCC[C@H]1CCCCN1. The number of carbonyl (C=O) groups is 1. The molecule has 5 nitrogen and oxygen atoms in total. The summed E-state index contributed by atoms with van der Waals surface area (Å²) in [5.41, 5.74) is 3.74. The quantitative estimate of drug-likeness (QED) is 0.479. The minimum Gasteiger partial charge on any atom is -0.462 e. The Labute approximate surface area is 177 Å². The van der Waals surface area contributed by atoms with E-state index in [0.29, 0.717) is 12.6 Å². The Balaban J connectivity index is 0.00000240. The first kappa shape index (κ1) is 21.1. The van der Waals surface area contributed by atoms with Crippen LogP contribution in [-0.2, 0) is 9.53 Å². The van der Waals surface area contributed by atoms with Crippen LogP contribution < -0.4 is 5.32 Å². The molecule has 6 heteroatoms. The van der Waals surface area contributed by atoms with Gasteiger partial charge in [-0.1, -0.05) is 42.8 Å². The summed E-state index contributed by atoms with van der Waals surface area (Å²) in [6.45, 7) is 1.51. The number of rotatable bonds is 6. The van der Waals surface area contributed by atoms with Crippen LogP contribution in [0.1, 0.15) is 31.2 Å². The number of benzene rings is 1. The number of nitrogens with zero attached hydrogens (tertiary/aromatic N) is 2. The minimum atomic E-state index is -0.315. The van der Waals surface area contributed by atoms with Crippen molar-refractivity contribution in [2.24, 2.45) is 0 Å². The first-order chi connectivity index (χ1) is 13.8. The van der Waals surface area contributed by atoms with E-state index in [-0.39, 0.29) is 18.4 Å². The molecule has 1 aliphatic rings. The Bertz CT molecular complexity index is 963. The Hall–Kier alpha value is -2.63. The number of carbonyl (C=O) groups excluding carboxylic acids is 1. The number of esters is 1. The second-order valence-corrected chi connectivity index (χ2v) is 7.10. The molecule has 1 saturated heterocycles. The molecule has 0 bridgehead atoms. The molecule has 0 radical (unpaired) electrons. The van der Waals surface area contributed by atoms with Gasteiger partial charge in [0.05, 0.1) is 12.1 Å². The number of pyridine rings is 1. The molecule has 1 atom stereocenters. The third-order valence-corrected chi connectivity index (χ3v) is 5.13. The van der Waals surface area contributed by atoms with Crippen molar-refractivity contribution >= 4 is 30.0 Å². The van der Waals surface area contributed by atoms with E-state index in [1.807, 2.05) is 65.3 Å². The molecule has 0 unspecified atom stereocenters. The fraction of sp³-hybridized carbons (Fsp3) is 0.304. The molecular weight excluding hydrogens is 386 g/mol. The second kappa shape index (κ2) is 10.2. The molecule has 0 amide bonds. The monoisotopic (exact) mass is 411 g/mol. The van der Waals surface area contributed by atoms with Crippen LogP contribution in [-0.4, -0.2) is 34.8 Å². The third-order valence-electron chi connectivity index (χ3n) is 5.13. The van der Waals surface area contributed by atoms with Gasteiger partial charge in [-0.2, -0.15) is 5.10 Å². The minimum absolute atomic E-state index is 0. The van der Waals surface area contributed by atoms with Gasteiger partial charge in [0.25, 0.3) is 0 Å². The predicted octanol–water partition coefficient (Wildman–Crippen LogP) is 4.51. The van der Waals surface area contributed by atoms with Gasteiger partial charge in [0.1, 0.15) is 5.69 Å². The number of hydrogen-bond donors (Lipinski definition) is 1. The van der Waals surface area contributed by atoms with E-state index < -0.39 is 0 Å². The standard InChI is InChI=1S/C23H25N3O2.ClH/c27-22(28-17-14-19-10-4-6-15-24-19)13-12-20-21-11-5-7-16-26(21)25-23(20)18-8-2-1-3-9-18;/h1-3,5,7-9,11-13,16,19,24H,4,6,10,14-15,17H2;1H/t19-;/m1./s1. The third kappa shape index (κ3) is 5.25. The molecule has 4 rings (SSSR count). The highest BCUT2D eigenvalue weighted by Gasteiger charge is 2.14. The summed E-state index contributed by atoms with van der Waals surface area (Å²) in [6.07, 6.45) is 9.75. The fourth-order valence-electron chi connectivity index (χ4n) is 3.66. The number of halogens is 1. The normalized spacial score (nSPS) is 16.6. The van der Waals surface area contributed by atoms with E-state index in [9.17, 15) is 4.79 Å². The summed E-state index contributed by atoms with van der Waals surface area (Å²) >= 11 is 0. The van der Waals surface area contributed by atoms with Gasteiger partial charge in [-0.15, -0.1) is 12.4 Å². The lowest BCUT2D eigenvalue weighted by Crippen LogP contribution is -2.34. The smallest absolute Gasteiger partial charge is 0.330 e. The summed E-state index contributed by atoms with van der Waals surface area (Å²) in [5.74, 6) is -0.315.